The van der Waals surface area contributed by atoms with E-state index in [0.29, 0.717) is 28.0 Å². The molecule has 0 atom stereocenters. The summed E-state index contributed by atoms with van der Waals surface area (Å²) in [5.74, 6) is 0.936. The predicted molar refractivity (Wildman–Crippen MR) is 87.5 cm³/mol. The Balaban J connectivity index is 1.86. The van der Waals surface area contributed by atoms with Crippen molar-refractivity contribution in [3.05, 3.63) is 52.1 Å². The van der Waals surface area contributed by atoms with Crippen molar-refractivity contribution in [2.75, 3.05) is 6.54 Å². The minimum absolute atomic E-state index is 0.247. The summed E-state index contributed by atoms with van der Waals surface area (Å²) in [4.78, 5) is 25.3. The third-order valence-electron chi connectivity index (χ3n) is 3.22. The van der Waals surface area contributed by atoms with Crippen molar-refractivity contribution in [1.82, 2.24) is 4.90 Å². The Morgan fingerprint density at radius 3 is 2.55 bits per heavy atom. The zero-order valence-electron chi connectivity index (χ0n) is 11.7. The standard InChI is InChI=1S/C16H12ClNO3S/c1-2-18-15(19)14(22-16(18)20)9-12-7-8-13(21-12)10-3-5-11(17)6-4-10/h3-9H,2H2,1H3/b14-9-. The quantitative estimate of drug-likeness (QED) is 0.767. The predicted octanol–water partition coefficient (Wildman–Crippen LogP) is 4.66. The lowest BCUT2D eigenvalue weighted by atomic mass is 10.2. The lowest BCUT2D eigenvalue weighted by Crippen LogP contribution is -2.27. The second-order valence-electron chi connectivity index (χ2n) is 4.63. The molecule has 2 amide bonds. The fourth-order valence-electron chi connectivity index (χ4n) is 2.10. The molecule has 0 unspecified atom stereocenters. The average molecular weight is 334 g/mol. The van der Waals surface area contributed by atoms with Crippen LogP contribution in [0, 0.1) is 0 Å². The summed E-state index contributed by atoms with van der Waals surface area (Å²) in [5, 5.41) is 0.409. The number of likely N-dealkylation sites (N-methyl/N-ethyl adjacent to an activating group) is 1. The molecule has 4 nitrogen and oxygen atoms in total. The Bertz CT molecular complexity index is 764. The first-order chi connectivity index (χ1) is 10.6. The third-order valence-corrected chi connectivity index (χ3v) is 4.38. The molecule has 0 N–H and O–H groups in total. The minimum atomic E-state index is -0.276. The van der Waals surface area contributed by atoms with Crippen molar-refractivity contribution in [2.45, 2.75) is 6.92 Å². The van der Waals surface area contributed by atoms with E-state index in [0.717, 1.165) is 17.3 Å². The number of rotatable bonds is 3. The van der Waals surface area contributed by atoms with Crippen LogP contribution in [0.2, 0.25) is 5.02 Å². The minimum Gasteiger partial charge on any atom is -0.457 e. The van der Waals surface area contributed by atoms with Crippen LogP contribution in [0.4, 0.5) is 4.79 Å². The number of amides is 2. The van der Waals surface area contributed by atoms with Crippen LogP contribution in [0.3, 0.4) is 0 Å². The number of hydrogen-bond acceptors (Lipinski definition) is 4. The topological polar surface area (TPSA) is 50.5 Å². The molecule has 1 aromatic heterocycles. The highest BCUT2D eigenvalue weighted by Crippen LogP contribution is 2.33. The van der Waals surface area contributed by atoms with Crippen LogP contribution in [0.5, 0.6) is 0 Å². The largest absolute Gasteiger partial charge is 0.457 e. The van der Waals surface area contributed by atoms with Crippen molar-refractivity contribution in [1.29, 1.82) is 0 Å². The van der Waals surface area contributed by atoms with E-state index in [-0.39, 0.29) is 11.1 Å². The van der Waals surface area contributed by atoms with Crippen LogP contribution < -0.4 is 0 Å². The Kier molecular flexibility index (Phi) is 4.09. The molecule has 112 valence electrons. The molecule has 1 saturated heterocycles. The number of thioether (sulfide) groups is 1. The van der Waals surface area contributed by atoms with Crippen LogP contribution in [0.15, 0.2) is 45.7 Å². The number of nitrogens with zero attached hydrogens (tertiary/aromatic N) is 1. The maximum Gasteiger partial charge on any atom is 0.293 e. The number of hydrogen-bond donors (Lipinski definition) is 0. The van der Waals surface area contributed by atoms with Crippen LogP contribution in [-0.4, -0.2) is 22.6 Å². The molecule has 0 spiro atoms. The van der Waals surface area contributed by atoms with Crippen LogP contribution in [0.1, 0.15) is 12.7 Å². The Hall–Kier alpha value is -1.98. The van der Waals surface area contributed by atoms with Gasteiger partial charge in [0.15, 0.2) is 0 Å². The van der Waals surface area contributed by atoms with Gasteiger partial charge in [0, 0.05) is 23.2 Å². The van der Waals surface area contributed by atoms with E-state index in [4.69, 9.17) is 16.0 Å². The molecule has 2 heterocycles. The van der Waals surface area contributed by atoms with Crippen LogP contribution >= 0.6 is 23.4 Å². The summed E-state index contributed by atoms with van der Waals surface area (Å²) in [7, 11) is 0. The van der Waals surface area contributed by atoms with Crippen molar-refractivity contribution < 1.29 is 14.0 Å². The van der Waals surface area contributed by atoms with Gasteiger partial charge in [0.1, 0.15) is 11.5 Å². The number of benzene rings is 1. The number of furan rings is 1. The highest BCUT2D eigenvalue weighted by Gasteiger charge is 2.33. The van der Waals surface area contributed by atoms with Gasteiger partial charge < -0.3 is 4.42 Å². The van der Waals surface area contributed by atoms with Crippen LogP contribution in [0.25, 0.3) is 17.4 Å². The number of carbonyl (C=O) groups is 2. The Morgan fingerprint density at radius 2 is 1.91 bits per heavy atom. The lowest BCUT2D eigenvalue weighted by Gasteiger charge is -2.06. The third kappa shape index (κ3) is 2.82. The van der Waals surface area contributed by atoms with Crippen molar-refractivity contribution in [3.63, 3.8) is 0 Å². The molecule has 6 heteroatoms. The summed E-state index contributed by atoms with van der Waals surface area (Å²) < 4.78 is 5.71. The van der Waals surface area contributed by atoms with E-state index in [1.165, 1.54) is 4.90 Å². The molecule has 3 rings (SSSR count). The van der Waals surface area contributed by atoms with Gasteiger partial charge in [-0.1, -0.05) is 11.6 Å². The first kappa shape index (κ1) is 14.9. The molecular weight excluding hydrogens is 322 g/mol. The van der Waals surface area contributed by atoms with Gasteiger partial charge in [-0.15, -0.1) is 0 Å². The van der Waals surface area contributed by atoms with Gasteiger partial charge in [-0.2, -0.15) is 0 Å². The first-order valence-electron chi connectivity index (χ1n) is 6.69. The van der Waals surface area contributed by atoms with Gasteiger partial charge in [-0.05, 0) is 55.1 Å². The van der Waals surface area contributed by atoms with E-state index in [2.05, 4.69) is 0 Å². The number of carbonyl (C=O) groups excluding carboxylic acids is 2. The van der Waals surface area contributed by atoms with E-state index >= 15 is 0 Å². The highest BCUT2D eigenvalue weighted by atomic mass is 35.5. The van der Waals surface area contributed by atoms with E-state index in [9.17, 15) is 9.59 Å². The zero-order chi connectivity index (χ0) is 15.7. The van der Waals surface area contributed by atoms with Gasteiger partial charge >= 0.3 is 0 Å². The Labute approximate surface area is 136 Å². The maximum absolute atomic E-state index is 12.0. The molecule has 1 aliphatic heterocycles. The summed E-state index contributed by atoms with van der Waals surface area (Å²) in [6.45, 7) is 2.14. The lowest BCUT2D eigenvalue weighted by molar-refractivity contribution is -0.122. The number of imide groups is 1. The van der Waals surface area contributed by atoms with Gasteiger partial charge in [-0.3, -0.25) is 14.5 Å². The van der Waals surface area contributed by atoms with Crippen molar-refractivity contribution in [3.8, 4) is 11.3 Å². The molecule has 2 aromatic rings. The highest BCUT2D eigenvalue weighted by molar-refractivity contribution is 8.18. The SMILES string of the molecule is CCN1C(=O)S/C(=C\c2ccc(-c3ccc(Cl)cc3)o2)C1=O. The van der Waals surface area contributed by atoms with Gasteiger partial charge in [-0.25, -0.2) is 0 Å². The molecule has 0 bridgehead atoms. The summed E-state index contributed by atoms with van der Waals surface area (Å²) >= 11 is 6.79. The maximum atomic E-state index is 12.0. The smallest absolute Gasteiger partial charge is 0.293 e. The molecule has 0 aliphatic carbocycles. The Morgan fingerprint density at radius 1 is 1.18 bits per heavy atom. The molecule has 1 aliphatic rings. The molecule has 0 radical (unpaired) electrons. The van der Waals surface area contributed by atoms with Crippen molar-refractivity contribution in [2.24, 2.45) is 0 Å². The fourth-order valence-corrected chi connectivity index (χ4v) is 3.11. The molecule has 0 saturated carbocycles. The fraction of sp³-hybridized carbons (Fsp3) is 0.125. The van der Waals surface area contributed by atoms with Crippen molar-refractivity contribution >= 4 is 40.6 Å². The normalized spacial score (nSPS) is 16.8. The molecule has 1 aromatic carbocycles. The molecule has 22 heavy (non-hydrogen) atoms. The van der Waals surface area contributed by atoms with E-state index in [1.807, 2.05) is 18.2 Å². The summed E-state index contributed by atoms with van der Waals surface area (Å²) in [6.07, 6.45) is 1.60. The van der Waals surface area contributed by atoms with E-state index in [1.54, 1.807) is 31.2 Å². The summed E-state index contributed by atoms with van der Waals surface area (Å²) in [6, 6.07) is 10.9. The van der Waals surface area contributed by atoms with Gasteiger partial charge in [0.2, 0.25) is 0 Å². The van der Waals surface area contributed by atoms with Gasteiger partial charge in [0.25, 0.3) is 11.1 Å². The van der Waals surface area contributed by atoms with Crippen LogP contribution in [-0.2, 0) is 4.79 Å². The second-order valence-corrected chi connectivity index (χ2v) is 6.06. The van der Waals surface area contributed by atoms with Gasteiger partial charge in [0.05, 0.1) is 4.91 Å². The first-order valence-corrected chi connectivity index (χ1v) is 7.89. The summed E-state index contributed by atoms with van der Waals surface area (Å²) in [5.41, 5.74) is 0.894. The number of halogens is 1. The average Bonchev–Trinajstić information content (AvgIpc) is 3.06. The van der Waals surface area contributed by atoms with E-state index < -0.39 is 0 Å². The molecular formula is C16H12ClNO3S. The monoisotopic (exact) mass is 333 g/mol. The second kappa shape index (κ2) is 6.02. The molecule has 1 fully saturated rings. The zero-order valence-corrected chi connectivity index (χ0v) is 13.3.